The summed E-state index contributed by atoms with van der Waals surface area (Å²) >= 11 is 0. The number of sulfonamides is 1. The van der Waals surface area contributed by atoms with E-state index in [0.717, 1.165) is 5.69 Å². The first-order valence-corrected chi connectivity index (χ1v) is 7.57. The van der Waals surface area contributed by atoms with Crippen molar-refractivity contribution in [3.8, 4) is 0 Å². The van der Waals surface area contributed by atoms with Crippen molar-refractivity contribution in [3.05, 3.63) is 48.0 Å². The van der Waals surface area contributed by atoms with Gasteiger partial charge in [-0.3, -0.25) is 0 Å². The second-order valence-electron chi connectivity index (χ2n) is 4.45. The Balaban J connectivity index is 2.29. The molecular weight excluding hydrogens is 274 g/mol. The van der Waals surface area contributed by atoms with E-state index in [1.165, 1.54) is 24.7 Å². The standard InChI is InChI=1S/C14H17N3O2S/c1-10-3-5-11(6-4-10)17-14-8-7-12(9-13(14)15)20(18,19)16-2/h3-9,16-17H,15H2,1-2H3. The van der Waals surface area contributed by atoms with Crippen molar-refractivity contribution in [2.24, 2.45) is 0 Å². The van der Waals surface area contributed by atoms with Crippen LogP contribution in [0.4, 0.5) is 17.1 Å². The highest BCUT2D eigenvalue weighted by molar-refractivity contribution is 7.89. The van der Waals surface area contributed by atoms with Gasteiger partial charge in [-0.1, -0.05) is 17.7 Å². The summed E-state index contributed by atoms with van der Waals surface area (Å²) in [5.74, 6) is 0. The molecule has 0 atom stereocenters. The number of nitrogens with two attached hydrogens (primary N) is 1. The predicted molar refractivity (Wildman–Crippen MR) is 81.6 cm³/mol. The molecule has 0 aromatic heterocycles. The van der Waals surface area contributed by atoms with Crippen LogP contribution < -0.4 is 15.8 Å². The molecule has 0 amide bonds. The van der Waals surface area contributed by atoms with Gasteiger partial charge in [-0.05, 0) is 44.3 Å². The zero-order valence-corrected chi connectivity index (χ0v) is 12.2. The van der Waals surface area contributed by atoms with Crippen LogP contribution >= 0.6 is 0 Å². The van der Waals surface area contributed by atoms with Crippen LogP contribution in [0.2, 0.25) is 0 Å². The second kappa shape index (κ2) is 5.52. The number of benzene rings is 2. The number of aryl methyl sites for hydroxylation is 1. The van der Waals surface area contributed by atoms with E-state index in [1.54, 1.807) is 6.07 Å². The van der Waals surface area contributed by atoms with Crippen molar-refractivity contribution in [3.63, 3.8) is 0 Å². The normalized spacial score (nSPS) is 11.3. The molecule has 2 rings (SSSR count). The number of nitrogens with one attached hydrogen (secondary N) is 2. The highest BCUT2D eigenvalue weighted by Gasteiger charge is 2.12. The molecule has 0 fully saturated rings. The molecule has 6 heteroatoms. The van der Waals surface area contributed by atoms with Crippen LogP contribution in [0.15, 0.2) is 47.4 Å². The molecule has 2 aromatic rings. The Kier molecular flexibility index (Phi) is 3.96. The van der Waals surface area contributed by atoms with Gasteiger partial charge in [0.25, 0.3) is 0 Å². The Bertz CT molecular complexity index is 710. The number of hydrogen-bond acceptors (Lipinski definition) is 4. The maximum atomic E-state index is 11.7. The molecule has 0 heterocycles. The van der Waals surface area contributed by atoms with Crippen LogP contribution in [0.25, 0.3) is 0 Å². The van der Waals surface area contributed by atoms with E-state index in [2.05, 4.69) is 10.0 Å². The maximum absolute atomic E-state index is 11.7. The Hall–Kier alpha value is -2.05. The van der Waals surface area contributed by atoms with Gasteiger partial charge in [0.2, 0.25) is 10.0 Å². The average Bonchev–Trinajstić information content (AvgIpc) is 2.43. The SMILES string of the molecule is CNS(=O)(=O)c1ccc(Nc2ccc(C)cc2)c(N)c1. The van der Waals surface area contributed by atoms with Gasteiger partial charge in [0, 0.05) is 5.69 Å². The second-order valence-corrected chi connectivity index (χ2v) is 6.33. The molecule has 0 aliphatic heterocycles. The molecule has 4 N–H and O–H groups in total. The summed E-state index contributed by atoms with van der Waals surface area (Å²) < 4.78 is 25.6. The van der Waals surface area contributed by atoms with Gasteiger partial charge >= 0.3 is 0 Å². The number of nitrogen functional groups attached to an aromatic ring is 1. The van der Waals surface area contributed by atoms with Crippen molar-refractivity contribution in [1.29, 1.82) is 0 Å². The maximum Gasteiger partial charge on any atom is 0.240 e. The Labute approximate surface area is 118 Å². The van der Waals surface area contributed by atoms with E-state index >= 15 is 0 Å². The molecule has 2 aromatic carbocycles. The lowest BCUT2D eigenvalue weighted by Crippen LogP contribution is -2.18. The first-order chi connectivity index (χ1) is 9.42. The van der Waals surface area contributed by atoms with Crippen LogP contribution in [0.1, 0.15) is 5.56 Å². The van der Waals surface area contributed by atoms with E-state index in [0.29, 0.717) is 11.4 Å². The van der Waals surface area contributed by atoms with Gasteiger partial charge in [0.1, 0.15) is 0 Å². The summed E-state index contributed by atoms with van der Waals surface area (Å²) in [7, 11) is -2.11. The molecule has 0 radical (unpaired) electrons. The zero-order valence-electron chi connectivity index (χ0n) is 11.3. The highest BCUT2D eigenvalue weighted by Crippen LogP contribution is 2.26. The van der Waals surface area contributed by atoms with E-state index in [4.69, 9.17) is 5.73 Å². The average molecular weight is 291 g/mol. The molecule has 0 saturated carbocycles. The van der Waals surface area contributed by atoms with Gasteiger partial charge in [-0.2, -0.15) is 0 Å². The third-order valence-electron chi connectivity index (χ3n) is 2.93. The Morgan fingerprint density at radius 1 is 1.05 bits per heavy atom. The minimum atomic E-state index is -3.47. The van der Waals surface area contributed by atoms with Crippen molar-refractivity contribution in [1.82, 2.24) is 4.72 Å². The smallest absolute Gasteiger partial charge is 0.240 e. The van der Waals surface area contributed by atoms with Crippen LogP contribution in [0.5, 0.6) is 0 Å². The van der Waals surface area contributed by atoms with Gasteiger partial charge < -0.3 is 11.1 Å². The largest absolute Gasteiger partial charge is 0.397 e. The fourth-order valence-corrected chi connectivity index (χ4v) is 2.50. The van der Waals surface area contributed by atoms with Crippen molar-refractivity contribution >= 4 is 27.1 Å². The molecule has 0 bridgehead atoms. The summed E-state index contributed by atoms with van der Waals surface area (Å²) in [4.78, 5) is 0.145. The fourth-order valence-electron chi connectivity index (χ4n) is 1.73. The first-order valence-electron chi connectivity index (χ1n) is 6.09. The predicted octanol–water partition coefficient (Wildman–Crippen LogP) is 2.23. The Morgan fingerprint density at radius 2 is 1.70 bits per heavy atom. The van der Waals surface area contributed by atoms with Crippen LogP contribution in [-0.2, 0) is 10.0 Å². The lowest BCUT2D eigenvalue weighted by Gasteiger charge is -2.11. The van der Waals surface area contributed by atoms with Crippen LogP contribution in [-0.4, -0.2) is 15.5 Å². The minimum Gasteiger partial charge on any atom is -0.397 e. The molecule has 0 aliphatic carbocycles. The Morgan fingerprint density at radius 3 is 2.25 bits per heavy atom. The zero-order chi connectivity index (χ0) is 14.8. The van der Waals surface area contributed by atoms with E-state index < -0.39 is 10.0 Å². The lowest BCUT2D eigenvalue weighted by molar-refractivity contribution is 0.588. The quantitative estimate of drug-likeness (QED) is 0.754. The number of hydrogen-bond donors (Lipinski definition) is 3. The first kappa shape index (κ1) is 14.4. The fraction of sp³-hybridized carbons (Fsp3) is 0.143. The number of rotatable bonds is 4. The minimum absolute atomic E-state index is 0.145. The summed E-state index contributed by atoms with van der Waals surface area (Å²) in [6.07, 6.45) is 0. The van der Waals surface area contributed by atoms with E-state index in [-0.39, 0.29) is 4.90 Å². The molecule has 0 saturated heterocycles. The van der Waals surface area contributed by atoms with Crippen molar-refractivity contribution < 1.29 is 8.42 Å². The van der Waals surface area contributed by atoms with Gasteiger partial charge in [0.15, 0.2) is 0 Å². The third-order valence-corrected chi connectivity index (χ3v) is 4.34. The molecule has 0 spiro atoms. The summed E-state index contributed by atoms with van der Waals surface area (Å²) in [6.45, 7) is 2.01. The molecular formula is C14H17N3O2S. The van der Waals surface area contributed by atoms with Crippen molar-refractivity contribution in [2.75, 3.05) is 18.1 Å². The molecule has 5 nitrogen and oxygen atoms in total. The summed E-state index contributed by atoms with van der Waals surface area (Å²) in [5.41, 5.74) is 9.00. The highest BCUT2D eigenvalue weighted by atomic mass is 32.2. The molecule has 106 valence electrons. The summed E-state index contributed by atoms with van der Waals surface area (Å²) in [6, 6.07) is 12.4. The van der Waals surface area contributed by atoms with E-state index in [1.807, 2.05) is 31.2 Å². The summed E-state index contributed by atoms with van der Waals surface area (Å²) in [5, 5.41) is 3.16. The van der Waals surface area contributed by atoms with Gasteiger partial charge in [-0.15, -0.1) is 0 Å². The van der Waals surface area contributed by atoms with Crippen LogP contribution in [0.3, 0.4) is 0 Å². The number of anilines is 3. The van der Waals surface area contributed by atoms with E-state index in [9.17, 15) is 8.42 Å². The third kappa shape index (κ3) is 3.09. The molecule has 0 aliphatic rings. The van der Waals surface area contributed by atoms with Gasteiger partial charge in [-0.25, -0.2) is 13.1 Å². The molecule has 0 unspecified atom stereocenters. The monoisotopic (exact) mass is 291 g/mol. The van der Waals surface area contributed by atoms with Gasteiger partial charge in [0.05, 0.1) is 16.3 Å². The lowest BCUT2D eigenvalue weighted by atomic mass is 10.2. The topological polar surface area (TPSA) is 84.2 Å². The van der Waals surface area contributed by atoms with Crippen molar-refractivity contribution in [2.45, 2.75) is 11.8 Å². The molecule has 20 heavy (non-hydrogen) atoms. The van der Waals surface area contributed by atoms with Crippen LogP contribution in [0, 0.1) is 6.92 Å².